The van der Waals surface area contributed by atoms with Crippen LogP contribution in [-0.4, -0.2) is 47.8 Å². The number of nitrogens with zero attached hydrogens (tertiary/aromatic N) is 1. The number of morpholine rings is 1. The molecule has 1 saturated heterocycles. The highest BCUT2D eigenvalue weighted by Gasteiger charge is 2.30. The molecule has 0 saturated carbocycles. The molecule has 0 bridgehead atoms. The Bertz CT molecular complexity index is 529. The lowest BCUT2D eigenvalue weighted by Gasteiger charge is -2.38. The van der Waals surface area contributed by atoms with Crippen LogP contribution in [0.3, 0.4) is 0 Å². The fourth-order valence-electron chi connectivity index (χ4n) is 2.22. The molecule has 2 heterocycles. The topological polar surface area (TPSA) is 49.8 Å². The number of carbonyl (C=O) groups is 1. The number of amides is 1. The molecular formula is C15H19NO3S. The molecule has 1 aromatic rings. The molecule has 0 aromatic carbocycles. The van der Waals surface area contributed by atoms with Crippen LogP contribution in [0, 0.1) is 11.8 Å². The van der Waals surface area contributed by atoms with Gasteiger partial charge in [-0.05, 0) is 25.5 Å². The van der Waals surface area contributed by atoms with Gasteiger partial charge < -0.3 is 14.7 Å². The van der Waals surface area contributed by atoms with Crippen molar-refractivity contribution < 1.29 is 14.6 Å². The van der Waals surface area contributed by atoms with Gasteiger partial charge in [0.15, 0.2) is 0 Å². The van der Waals surface area contributed by atoms with E-state index in [4.69, 9.17) is 9.84 Å². The van der Waals surface area contributed by atoms with Crippen LogP contribution in [0.15, 0.2) is 12.1 Å². The Morgan fingerprint density at radius 2 is 2.40 bits per heavy atom. The molecule has 0 spiro atoms. The number of ether oxygens (including phenoxy) is 1. The minimum atomic E-state index is -0.167. The van der Waals surface area contributed by atoms with E-state index in [1.165, 1.54) is 11.3 Å². The molecule has 20 heavy (non-hydrogen) atoms. The molecule has 1 aliphatic heterocycles. The number of aliphatic hydroxyl groups excluding tert-OH is 1. The molecule has 2 atom stereocenters. The Labute approximate surface area is 123 Å². The summed E-state index contributed by atoms with van der Waals surface area (Å²) in [6, 6.07) is 3.78. The van der Waals surface area contributed by atoms with E-state index in [2.05, 4.69) is 18.8 Å². The van der Waals surface area contributed by atoms with E-state index in [0.29, 0.717) is 18.0 Å². The van der Waals surface area contributed by atoms with Gasteiger partial charge >= 0.3 is 0 Å². The van der Waals surface area contributed by atoms with Crippen LogP contribution in [-0.2, 0) is 4.74 Å². The lowest BCUT2D eigenvalue weighted by molar-refractivity contribution is -0.0442. The number of rotatable bonds is 2. The molecule has 1 aliphatic rings. The molecule has 2 unspecified atom stereocenters. The Morgan fingerprint density at radius 1 is 1.60 bits per heavy atom. The first-order valence-electron chi connectivity index (χ1n) is 6.77. The molecule has 1 aromatic heterocycles. The third-order valence-electron chi connectivity index (χ3n) is 3.31. The molecule has 0 aliphatic carbocycles. The van der Waals surface area contributed by atoms with Crippen molar-refractivity contribution in [2.45, 2.75) is 32.4 Å². The molecule has 5 heteroatoms. The smallest absolute Gasteiger partial charge is 0.264 e. The van der Waals surface area contributed by atoms with E-state index < -0.39 is 0 Å². The van der Waals surface area contributed by atoms with Crippen molar-refractivity contribution in [1.29, 1.82) is 0 Å². The second-order valence-corrected chi connectivity index (χ2v) is 5.87. The lowest BCUT2D eigenvalue weighted by Crippen LogP contribution is -2.51. The summed E-state index contributed by atoms with van der Waals surface area (Å²) in [6.07, 6.45) is 0.969. The zero-order valence-electron chi connectivity index (χ0n) is 11.8. The van der Waals surface area contributed by atoms with Gasteiger partial charge in [-0.3, -0.25) is 4.79 Å². The standard InChI is InChI=1S/C15H19NO3S/c1-3-12-10-19-11(2)9-16(12)15(18)14-7-6-13(20-14)5-4-8-17/h6-7,11-12,17H,3,8-10H2,1-2H3. The number of hydrogen-bond acceptors (Lipinski definition) is 4. The molecule has 0 radical (unpaired) electrons. The number of carbonyl (C=O) groups excluding carboxylic acids is 1. The van der Waals surface area contributed by atoms with Gasteiger partial charge in [0.2, 0.25) is 0 Å². The summed E-state index contributed by atoms with van der Waals surface area (Å²) in [5.74, 6) is 5.47. The maximum atomic E-state index is 12.6. The largest absolute Gasteiger partial charge is 0.384 e. The Balaban J connectivity index is 2.14. The second kappa shape index (κ2) is 6.89. The van der Waals surface area contributed by atoms with Gasteiger partial charge in [0, 0.05) is 6.54 Å². The summed E-state index contributed by atoms with van der Waals surface area (Å²) in [5, 5.41) is 8.69. The number of aliphatic hydroxyl groups is 1. The van der Waals surface area contributed by atoms with E-state index >= 15 is 0 Å². The van der Waals surface area contributed by atoms with Crippen molar-refractivity contribution in [3.8, 4) is 11.8 Å². The highest BCUT2D eigenvalue weighted by atomic mass is 32.1. The first-order valence-corrected chi connectivity index (χ1v) is 7.59. The van der Waals surface area contributed by atoms with E-state index in [1.807, 2.05) is 17.9 Å². The van der Waals surface area contributed by atoms with Crippen LogP contribution >= 0.6 is 11.3 Å². The molecule has 1 N–H and O–H groups in total. The molecule has 108 valence electrons. The summed E-state index contributed by atoms with van der Waals surface area (Å²) < 4.78 is 5.62. The average Bonchev–Trinajstić information content (AvgIpc) is 2.93. The van der Waals surface area contributed by atoms with Crippen molar-refractivity contribution >= 4 is 17.2 Å². The van der Waals surface area contributed by atoms with Crippen LogP contribution in [0.5, 0.6) is 0 Å². The highest BCUT2D eigenvalue weighted by Crippen LogP contribution is 2.22. The Morgan fingerprint density at radius 3 is 3.10 bits per heavy atom. The van der Waals surface area contributed by atoms with Gasteiger partial charge in [-0.1, -0.05) is 18.8 Å². The minimum absolute atomic E-state index is 0.0500. The lowest BCUT2D eigenvalue weighted by atomic mass is 10.1. The second-order valence-electron chi connectivity index (χ2n) is 4.79. The fourth-order valence-corrected chi connectivity index (χ4v) is 3.06. The van der Waals surface area contributed by atoms with Crippen LogP contribution in [0.2, 0.25) is 0 Å². The molecule has 1 fully saturated rings. The third kappa shape index (κ3) is 3.40. The van der Waals surface area contributed by atoms with E-state index in [0.717, 1.165) is 11.3 Å². The number of thiophene rings is 1. The van der Waals surface area contributed by atoms with Crippen molar-refractivity contribution in [2.24, 2.45) is 0 Å². The maximum Gasteiger partial charge on any atom is 0.264 e. The Hall–Kier alpha value is -1.35. The van der Waals surface area contributed by atoms with E-state index in [9.17, 15) is 4.79 Å². The van der Waals surface area contributed by atoms with Crippen LogP contribution < -0.4 is 0 Å². The van der Waals surface area contributed by atoms with Gasteiger partial charge in [0.1, 0.15) is 6.61 Å². The summed E-state index contributed by atoms with van der Waals surface area (Å²) in [4.78, 5) is 16.0. The van der Waals surface area contributed by atoms with Crippen LogP contribution in [0.1, 0.15) is 34.8 Å². The summed E-state index contributed by atoms with van der Waals surface area (Å²) in [5.41, 5.74) is 0. The SMILES string of the molecule is CCC1COC(C)CN1C(=O)c1ccc(C#CCO)s1. The maximum absolute atomic E-state index is 12.6. The summed E-state index contributed by atoms with van der Waals surface area (Å²) in [7, 11) is 0. The minimum Gasteiger partial charge on any atom is -0.384 e. The van der Waals surface area contributed by atoms with Crippen LogP contribution in [0.4, 0.5) is 0 Å². The zero-order chi connectivity index (χ0) is 14.5. The monoisotopic (exact) mass is 293 g/mol. The first-order chi connectivity index (χ1) is 9.65. The molecule has 2 rings (SSSR count). The molecular weight excluding hydrogens is 274 g/mol. The predicted octanol–water partition coefficient (Wildman–Crippen LogP) is 1.73. The summed E-state index contributed by atoms with van der Waals surface area (Å²) in [6.45, 7) is 5.12. The van der Waals surface area contributed by atoms with Crippen LogP contribution in [0.25, 0.3) is 0 Å². The van der Waals surface area contributed by atoms with Gasteiger partial charge in [-0.25, -0.2) is 0 Å². The van der Waals surface area contributed by atoms with E-state index in [-0.39, 0.29) is 24.7 Å². The normalized spacial score (nSPS) is 22.2. The molecule has 1 amide bonds. The van der Waals surface area contributed by atoms with Crippen molar-refractivity contribution in [3.63, 3.8) is 0 Å². The first kappa shape index (κ1) is 15.0. The Kier molecular flexibility index (Phi) is 5.18. The van der Waals surface area contributed by atoms with Crippen molar-refractivity contribution in [3.05, 3.63) is 21.9 Å². The zero-order valence-corrected chi connectivity index (χ0v) is 12.6. The predicted molar refractivity (Wildman–Crippen MR) is 78.8 cm³/mol. The van der Waals surface area contributed by atoms with Crippen molar-refractivity contribution in [2.75, 3.05) is 19.8 Å². The highest BCUT2D eigenvalue weighted by molar-refractivity contribution is 7.14. The fraction of sp³-hybridized carbons (Fsp3) is 0.533. The van der Waals surface area contributed by atoms with Gasteiger partial charge in [0.05, 0.1) is 28.5 Å². The molecule has 4 nitrogen and oxygen atoms in total. The van der Waals surface area contributed by atoms with Crippen molar-refractivity contribution in [1.82, 2.24) is 4.90 Å². The number of hydrogen-bond donors (Lipinski definition) is 1. The summed E-state index contributed by atoms with van der Waals surface area (Å²) >= 11 is 1.37. The van der Waals surface area contributed by atoms with Gasteiger partial charge in [-0.2, -0.15) is 0 Å². The average molecular weight is 293 g/mol. The van der Waals surface area contributed by atoms with Gasteiger partial charge in [0.25, 0.3) is 5.91 Å². The van der Waals surface area contributed by atoms with E-state index in [1.54, 1.807) is 6.07 Å². The third-order valence-corrected chi connectivity index (χ3v) is 4.30. The quantitative estimate of drug-likeness (QED) is 0.845. The van der Waals surface area contributed by atoms with Gasteiger partial charge in [-0.15, -0.1) is 11.3 Å².